The Balaban J connectivity index is 1.99. The minimum Gasteiger partial charge on any atom is -0.503 e. The SMILES string of the molecule is Cn1cc(C2C(C(=O)C(C)(C)C)=C(O)C(=O)N2c2ccc(Cl)cc2)c2ccccc21. The minimum atomic E-state index is -0.761. The molecule has 1 aliphatic heterocycles. The second kappa shape index (κ2) is 7.03. The first-order valence-corrected chi connectivity index (χ1v) is 10.1. The number of halogens is 1. The van der Waals surface area contributed by atoms with Crippen LogP contribution in [0.4, 0.5) is 5.69 Å². The van der Waals surface area contributed by atoms with Crippen LogP contribution in [-0.4, -0.2) is 21.4 Å². The van der Waals surface area contributed by atoms with Crippen LogP contribution in [0.25, 0.3) is 10.9 Å². The van der Waals surface area contributed by atoms with E-state index in [1.165, 1.54) is 4.90 Å². The van der Waals surface area contributed by atoms with Crippen molar-refractivity contribution < 1.29 is 14.7 Å². The molecule has 0 fully saturated rings. The Morgan fingerprint density at radius 2 is 1.70 bits per heavy atom. The average molecular weight is 423 g/mol. The van der Waals surface area contributed by atoms with Crippen molar-refractivity contribution >= 4 is 39.9 Å². The lowest BCUT2D eigenvalue weighted by atomic mass is 9.82. The molecule has 5 nitrogen and oxygen atoms in total. The van der Waals surface area contributed by atoms with E-state index in [0.717, 1.165) is 16.5 Å². The molecule has 0 aliphatic carbocycles. The van der Waals surface area contributed by atoms with E-state index in [2.05, 4.69) is 0 Å². The van der Waals surface area contributed by atoms with Gasteiger partial charge in [0.2, 0.25) is 0 Å². The summed E-state index contributed by atoms with van der Waals surface area (Å²) in [5.41, 5.74) is 1.69. The molecule has 1 aromatic heterocycles. The number of hydrogen-bond acceptors (Lipinski definition) is 3. The van der Waals surface area contributed by atoms with Crippen LogP contribution in [0.2, 0.25) is 5.02 Å². The molecule has 2 aromatic carbocycles. The van der Waals surface area contributed by atoms with Gasteiger partial charge in [-0.1, -0.05) is 50.6 Å². The van der Waals surface area contributed by atoms with E-state index in [1.807, 2.05) is 42.1 Å². The van der Waals surface area contributed by atoms with Gasteiger partial charge in [0.05, 0.1) is 11.6 Å². The number of anilines is 1. The van der Waals surface area contributed by atoms with E-state index in [-0.39, 0.29) is 11.4 Å². The number of Topliss-reactive ketones (excluding diaryl/α,β-unsaturated/α-hetero) is 1. The Morgan fingerprint density at radius 1 is 1.07 bits per heavy atom. The molecule has 6 heteroatoms. The maximum Gasteiger partial charge on any atom is 0.294 e. The summed E-state index contributed by atoms with van der Waals surface area (Å²) in [7, 11) is 1.92. The highest BCUT2D eigenvalue weighted by molar-refractivity contribution is 6.30. The number of aliphatic hydroxyl groups is 1. The van der Waals surface area contributed by atoms with Crippen molar-refractivity contribution in [3.63, 3.8) is 0 Å². The smallest absolute Gasteiger partial charge is 0.294 e. The lowest BCUT2D eigenvalue weighted by Crippen LogP contribution is -2.32. The zero-order chi connectivity index (χ0) is 21.8. The molecule has 0 radical (unpaired) electrons. The highest BCUT2D eigenvalue weighted by Crippen LogP contribution is 2.45. The van der Waals surface area contributed by atoms with Gasteiger partial charge in [-0.25, -0.2) is 0 Å². The molecule has 2 heterocycles. The monoisotopic (exact) mass is 422 g/mol. The summed E-state index contributed by atoms with van der Waals surface area (Å²) in [6.45, 7) is 5.35. The van der Waals surface area contributed by atoms with E-state index in [0.29, 0.717) is 10.7 Å². The Morgan fingerprint density at radius 3 is 2.33 bits per heavy atom. The first-order chi connectivity index (χ1) is 14.1. The molecule has 1 amide bonds. The number of carbonyl (C=O) groups excluding carboxylic acids is 2. The number of para-hydroxylation sites is 1. The van der Waals surface area contributed by atoms with Crippen molar-refractivity contribution in [1.82, 2.24) is 4.57 Å². The number of aromatic nitrogens is 1. The van der Waals surface area contributed by atoms with Crippen LogP contribution in [0.1, 0.15) is 32.4 Å². The number of fused-ring (bicyclic) bond motifs is 1. The van der Waals surface area contributed by atoms with Crippen molar-refractivity contribution in [2.24, 2.45) is 12.5 Å². The summed E-state index contributed by atoms with van der Waals surface area (Å²) in [5.74, 6) is -1.35. The first-order valence-electron chi connectivity index (χ1n) is 9.72. The molecule has 0 saturated carbocycles. The molecule has 1 unspecified atom stereocenters. The van der Waals surface area contributed by atoms with Crippen LogP contribution < -0.4 is 4.90 Å². The van der Waals surface area contributed by atoms with E-state index in [1.54, 1.807) is 45.0 Å². The van der Waals surface area contributed by atoms with Crippen LogP contribution >= 0.6 is 11.6 Å². The number of amides is 1. The van der Waals surface area contributed by atoms with Gasteiger partial charge < -0.3 is 9.67 Å². The van der Waals surface area contributed by atoms with Gasteiger partial charge in [-0.3, -0.25) is 14.5 Å². The highest BCUT2D eigenvalue weighted by atomic mass is 35.5. The van der Waals surface area contributed by atoms with Gasteiger partial charge in [0.1, 0.15) is 0 Å². The van der Waals surface area contributed by atoms with Gasteiger partial charge in [0.25, 0.3) is 5.91 Å². The van der Waals surface area contributed by atoms with E-state index >= 15 is 0 Å². The van der Waals surface area contributed by atoms with Crippen LogP contribution in [0, 0.1) is 5.41 Å². The molecule has 0 bridgehead atoms. The molecule has 3 aromatic rings. The summed E-state index contributed by atoms with van der Waals surface area (Å²) < 4.78 is 1.96. The summed E-state index contributed by atoms with van der Waals surface area (Å²) in [6.07, 6.45) is 1.92. The molecule has 30 heavy (non-hydrogen) atoms. The minimum absolute atomic E-state index is 0.124. The Hall–Kier alpha value is -3.05. The second-order valence-corrected chi connectivity index (χ2v) is 9.04. The van der Waals surface area contributed by atoms with Gasteiger partial charge in [-0.15, -0.1) is 0 Å². The normalized spacial score (nSPS) is 17.3. The fourth-order valence-electron chi connectivity index (χ4n) is 3.99. The van der Waals surface area contributed by atoms with Crippen molar-refractivity contribution in [2.75, 3.05) is 4.90 Å². The summed E-state index contributed by atoms with van der Waals surface area (Å²) in [5, 5.41) is 12.3. The quantitative estimate of drug-likeness (QED) is 0.619. The van der Waals surface area contributed by atoms with Crippen LogP contribution in [0.5, 0.6) is 0 Å². The Bertz CT molecular complexity index is 1200. The standard InChI is InChI=1S/C24H23ClN2O3/c1-24(2,3)22(29)19-20(17-13-26(4)18-8-6-5-7-16(17)18)27(23(30)21(19)28)15-11-9-14(25)10-12-15/h5-13,20,28H,1-4H3. The lowest BCUT2D eigenvalue weighted by Gasteiger charge is -2.28. The van der Waals surface area contributed by atoms with Crippen molar-refractivity contribution in [1.29, 1.82) is 0 Å². The Labute approximate surface area is 180 Å². The summed E-state index contributed by atoms with van der Waals surface area (Å²) in [6, 6.07) is 13.9. The van der Waals surface area contributed by atoms with E-state index < -0.39 is 23.1 Å². The molecule has 0 saturated heterocycles. The summed E-state index contributed by atoms with van der Waals surface area (Å²) >= 11 is 6.04. The number of aryl methyl sites for hydroxylation is 1. The third kappa shape index (κ3) is 3.10. The molecule has 154 valence electrons. The fraction of sp³-hybridized carbons (Fsp3) is 0.250. The Kier molecular flexibility index (Phi) is 4.74. The second-order valence-electron chi connectivity index (χ2n) is 8.61. The van der Waals surface area contributed by atoms with E-state index in [4.69, 9.17) is 11.6 Å². The van der Waals surface area contributed by atoms with Crippen LogP contribution in [0.3, 0.4) is 0 Å². The molecular weight excluding hydrogens is 400 g/mol. The molecule has 0 spiro atoms. The van der Waals surface area contributed by atoms with Gasteiger partial charge in [-0.2, -0.15) is 0 Å². The number of aliphatic hydroxyl groups excluding tert-OH is 1. The first kappa shape index (κ1) is 20.2. The number of hydrogen-bond donors (Lipinski definition) is 1. The van der Waals surface area contributed by atoms with Gasteiger partial charge in [0, 0.05) is 45.8 Å². The van der Waals surface area contributed by atoms with Crippen LogP contribution in [0.15, 0.2) is 66.1 Å². The maximum atomic E-state index is 13.4. The zero-order valence-corrected chi connectivity index (χ0v) is 18.1. The van der Waals surface area contributed by atoms with Gasteiger partial charge >= 0.3 is 0 Å². The van der Waals surface area contributed by atoms with Crippen molar-refractivity contribution in [3.05, 3.63) is 76.6 Å². The van der Waals surface area contributed by atoms with Crippen LogP contribution in [-0.2, 0) is 16.6 Å². The van der Waals surface area contributed by atoms with Crippen molar-refractivity contribution in [2.45, 2.75) is 26.8 Å². The zero-order valence-electron chi connectivity index (χ0n) is 17.3. The molecular formula is C24H23ClN2O3. The van der Waals surface area contributed by atoms with Gasteiger partial charge in [0.15, 0.2) is 11.5 Å². The number of nitrogens with zero attached hydrogens (tertiary/aromatic N) is 2. The largest absolute Gasteiger partial charge is 0.503 e. The number of rotatable bonds is 3. The van der Waals surface area contributed by atoms with Gasteiger partial charge in [-0.05, 0) is 30.3 Å². The number of carbonyl (C=O) groups is 2. The van der Waals surface area contributed by atoms with E-state index in [9.17, 15) is 14.7 Å². The molecule has 1 aliphatic rings. The summed E-state index contributed by atoms with van der Waals surface area (Å²) in [4.78, 5) is 28.0. The topological polar surface area (TPSA) is 62.5 Å². The molecule has 4 rings (SSSR count). The predicted octanol–water partition coefficient (Wildman–Crippen LogP) is 5.35. The lowest BCUT2D eigenvalue weighted by molar-refractivity contribution is -0.123. The number of benzene rings is 2. The third-order valence-electron chi connectivity index (χ3n) is 5.46. The number of ketones is 1. The highest BCUT2D eigenvalue weighted by Gasteiger charge is 2.47. The fourth-order valence-corrected chi connectivity index (χ4v) is 4.12. The maximum absolute atomic E-state index is 13.4. The molecule has 1 atom stereocenters. The molecule has 1 N–H and O–H groups in total. The average Bonchev–Trinajstić information content (AvgIpc) is 3.16. The van der Waals surface area contributed by atoms with Crippen molar-refractivity contribution in [3.8, 4) is 0 Å². The third-order valence-corrected chi connectivity index (χ3v) is 5.71. The predicted molar refractivity (Wildman–Crippen MR) is 119 cm³/mol.